The number of carboxylic acid groups (broad SMARTS) is 1. The molecule has 1 heterocycles. The van der Waals surface area contributed by atoms with Gasteiger partial charge < -0.3 is 14.6 Å². The Morgan fingerprint density at radius 3 is 2.34 bits per heavy atom. The molecule has 0 fully saturated rings. The van der Waals surface area contributed by atoms with E-state index in [0.717, 1.165) is 17.1 Å². The third-order valence-electron chi connectivity index (χ3n) is 5.00. The molecule has 0 aliphatic heterocycles. The molecular weight excluding hydrogens is 422 g/mol. The maximum Gasteiger partial charge on any atom is 0.412 e. The summed E-state index contributed by atoms with van der Waals surface area (Å²) in [6.45, 7) is 13.6. The summed E-state index contributed by atoms with van der Waals surface area (Å²) in [5, 5.41) is 9.61. The van der Waals surface area contributed by atoms with Gasteiger partial charge in [-0.3, -0.25) is 9.47 Å². The minimum absolute atomic E-state index is 0.356. The Morgan fingerprint density at radius 2 is 1.75 bits per heavy atom. The summed E-state index contributed by atoms with van der Waals surface area (Å²) in [6.07, 6.45) is -0.997. The lowest BCUT2D eigenvalue weighted by Gasteiger charge is -2.33. The van der Waals surface area contributed by atoms with E-state index in [9.17, 15) is 9.90 Å². The van der Waals surface area contributed by atoms with Gasteiger partial charge in [0.25, 0.3) is 0 Å². The number of fused-ring (bicyclic) bond motifs is 1. The molecule has 0 saturated heterocycles. The third-order valence-corrected chi connectivity index (χ3v) is 6.71. The van der Waals surface area contributed by atoms with Crippen LogP contribution in [0.1, 0.15) is 20.8 Å². The van der Waals surface area contributed by atoms with Crippen molar-refractivity contribution in [1.82, 2.24) is 9.55 Å². The third kappa shape index (κ3) is 5.89. The van der Waals surface area contributed by atoms with Crippen molar-refractivity contribution >= 4 is 30.9 Å². The van der Waals surface area contributed by atoms with E-state index in [1.54, 1.807) is 24.3 Å². The Kier molecular flexibility index (Phi) is 6.95. The zero-order chi connectivity index (χ0) is 23.5. The second-order valence-electron chi connectivity index (χ2n) is 10.0. The Balaban J connectivity index is 1.81. The van der Waals surface area contributed by atoms with Gasteiger partial charge in [0.15, 0.2) is 0 Å². The summed E-state index contributed by atoms with van der Waals surface area (Å²) in [4.78, 5) is 17.7. The van der Waals surface area contributed by atoms with E-state index in [2.05, 4.69) is 24.6 Å². The number of rotatable bonds is 8. The SMILES string of the molecule is CC(C)(C)N(C(=O)O)c1ccc(Oc2nc3ccccc3n2COCC[Si](C)(C)C)cc1. The van der Waals surface area contributed by atoms with Crippen LogP contribution in [0.5, 0.6) is 11.8 Å². The summed E-state index contributed by atoms with van der Waals surface area (Å²) >= 11 is 0. The number of hydrogen-bond donors (Lipinski definition) is 1. The molecule has 0 bridgehead atoms. The second-order valence-corrected chi connectivity index (χ2v) is 15.7. The maximum atomic E-state index is 11.7. The quantitative estimate of drug-likeness (QED) is 0.313. The molecule has 172 valence electrons. The van der Waals surface area contributed by atoms with Crippen LogP contribution in [-0.2, 0) is 11.5 Å². The predicted molar refractivity (Wildman–Crippen MR) is 131 cm³/mol. The number of hydrogen-bond acceptors (Lipinski definition) is 4. The molecule has 0 atom stereocenters. The number of carbonyl (C=O) groups is 1. The van der Waals surface area contributed by atoms with Crippen LogP contribution in [0.4, 0.5) is 10.5 Å². The molecule has 3 aromatic rings. The molecule has 1 N–H and O–H groups in total. The lowest BCUT2D eigenvalue weighted by atomic mass is 10.1. The molecule has 0 unspecified atom stereocenters. The smallest absolute Gasteiger partial charge is 0.412 e. The molecular formula is C24H33N3O4Si. The summed E-state index contributed by atoms with van der Waals surface area (Å²) in [7, 11) is -1.17. The van der Waals surface area contributed by atoms with Crippen LogP contribution in [0.15, 0.2) is 48.5 Å². The molecule has 8 heteroatoms. The Labute approximate surface area is 190 Å². The van der Waals surface area contributed by atoms with E-state index in [0.29, 0.717) is 30.8 Å². The van der Waals surface area contributed by atoms with Crippen molar-refractivity contribution in [1.29, 1.82) is 0 Å². The topological polar surface area (TPSA) is 76.8 Å². The minimum Gasteiger partial charge on any atom is -0.465 e. The van der Waals surface area contributed by atoms with Crippen molar-refractivity contribution in [3.63, 3.8) is 0 Å². The van der Waals surface area contributed by atoms with Gasteiger partial charge in [-0.1, -0.05) is 31.8 Å². The van der Waals surface area contributed by atoms with Crippen LogP contribution in [0.25, 0.3) is 11.0 Å². The minimum atomic E-state index is -1.17. The summed E-state index contributed by atoms with van der Waals surface area (Å²) in [5.41, 5.74) is 1.80. The van der Waals surface area contributed by atoms with Crippen molar-refractivity contribution < 1.29 is 19.4 Å². The molecule has 0 saturated carbocycles. The number of benzene rings is 2. The summed E-state index contributed by atoms with van der Waals surface area (Å²) in [5.74, 6) is 0.576. The molecule has 1 amide bonds. The lowest BCUT2D eigenvalue weighted by molar-refractivity contribution is 0.0850. The first-order valence-electron chi connectivity index (χ1n) is 10.8. The van der Waals surface area contributed by atoms with Crippen LogP contribution in [0.2, 0.25) is 25.7 Å². The highest BCUT2D eigenvalue weighted by atomic mass is 28.3. The number of amides is 1. The highest BCUT2D eigenvalue weighted by Gasteiger charge is 2.27. The van der Waals surface area contributed by atoms with E-state index >= 15 is 0 Å². The first-order valence-corrected chi connectivity index (χ1v) is 14.5. The number of aromatic nitrogens is 2. The van der Waals surface area contributed by atoms with Crippen LogP contribution in [-0.4, -0.2) is 41.0 Å². The van der Waals surface area contributed by atoms with Crippen LogP contribution >= 0.6 is 0 Å². The lowest BCUT2D eigenvalue weighted by Crippen LogP contribution is -2.45. The fourth-order valence-electron chi connectivity index (χ4n) is 3.34. The molecule has 0 aliphatic carbocycles. The van der Waals surface area contributed by atoms with Crippen molar-refractivity contribution in [2.45, 2.75) is 58.7 Å². The van der Waals surface area contributed by atoms with E-state index in [1.165, 1.54) is 4.90 Å². The average molecular weight is 456 g/mol. The zero-order valence-corrected chi connectivity index (χ0v) is 20.8. The number of anilines is 1. The van der Waals surface area contributed by atoms with Gasteiger partial charge in [-0.2, -0.15) is 4.98 Å². The number of imidazole rings is 1. The van der Waals surface area contributed by atoms with Gasteiger partial charge in [-0.25, -0.2) is 4.79 Å². The average Bonchev–Trinajstić information content (AvgIpc) is 3.02. The predicted octanol–water partition coefficient (Wildman–Crippen LogP) is 6.42. The largest absolute Gasteiger partial charge is 0.465 e. The van der Waals surface area contributed by atoms with Gasteiger partial charge in [0.05, 0.1) is 11.0 Å². The molecule has 1 aromatic heterocycles. The number of ether oxygens (including phenoxy) is 2. The zero-order valence-electron chi connectivity index (χ0n) is 19.8. The molecule has 2 aromatic carbocycles. The standard InChI is InChI=1S/C24H33N3O4Si/c1-24(2,3)27(23(28)29)18-11-13-19(14-12-18)31-22-25-20-9-7-8-10-21(20)26(22)17-30-15-16-32(4,5)6/h7-14H,15-17H2,1-6H3,(H,28,29). The van der Waals surface area contributed by atoms with Gasteiger partial charge >= 0.3 is 12.1 Å². The van der Waals surface area contributed by atoms with Gasteiger partial charge in [0, 0.05) is 25.9 Å². The summed E-state index contributed by atoms with van der Waals surface area (Å²) < 4.78 is 14.0. The Bertz CT molecular complexity index is 1070. The molecule has 0 spiro atoms. The van der Waals surface area contributed by atoms with Gasteiger partial charge in [0.2, 0.25) is 0 Å². The van der Waals surface area contributed by atoms with Crippen molar-refractivity contribution in [3.8, 4) is 11.8 Å². The summed E-state index contributed by atoms with van der Waals surface area (Å²) in [6, 6.07) is 16.4. The molecule has 7 nitrogen and oxygen atoms in total. The fraction of sp³-hybridized carbons (Fsp3) is 0.417. The van der Waals surface area contributed by atoms with Gasteiger partial charge in [-0.05, 0) is 63.2 Å². The van der Waals surface area contributed by atoms with Crippen LogP contribution in [0.3, 0.4) is 0 Å². The first kappa shape index (κ1) is 23.8. The molecule has 3 rings (SSSR count). The molecule has 0 radical (unpaired) electrons. The normalized spacial score (nSPS) is 12.2. The van der Waals surface area contributed by atoms with Crippen LogP contribution in [0, 0.1) is 0 Å². The monoisotopic (exact) mass is 455 g/mol. The van der Waals surface area contributed by atoms with Crippen molar-refractivity contribution in [3.05, 3.63) is 48.5 Å². The Morgan fingerprint density at radius 1 is 1.09 bits per heavy atom. The maximum absolute atomic E-state index is 11.7. The van der Waals surface area contributed by atoms with E-state index < -0.39 is 19.7 Å². The number of para-hydroxylation sites is 2. The van der Waals surface area contributed by atoms with Crippen molar-refractivity contribution in [2.75, 3.05) is 11.5 Å². The van der Waals surface area contributed by atoms with Crippen molar-refractivity contribution in [2.24, 2.45) is 0 Å². The first-order chi connectivity index (χ1) is 15.0. The number of nitrogens with zero attached hydrogens (tertiary/aromatic N) is 3. The highest BCUT2D eigenvalue weighted by molar-refractivity contribution is 6.76. The van der Waals surface area contributed by atoms with E-state index in [1.807, 2.05) is 49.6 Å². The van der Waals surface area contributed by atoms with Gasteiger partial charge in [0.1, 0.15) is 12.5 Å². The fourth-order valence-corrected chi connectivity index (χ4v) is 4.10. The molecule has 0 aliphatic rings. The highest BCUT2D eigenvalue weighted by Crippen LogP contribution is 2.30. The van der Waals surface area contributed by atoms with E-state index in [4.69, 9.17) is 9.47 Å². The molecule has 32 heavy (non-hydrogen) atoms. The van der Waals surface area contributed by atoms with Crippen LogP contribution < -0.4 is 9.64 Å². The second kappa shape index (κ2) is 9.34. The van der Waals surface area contributed by atoms with Gasteiger partial charge in [-0.15, -0.1) is 0 Å². The Hall–Kier alpha value is -2.84. The van der Waals surface area contributed by atoms with E-state index in [-0.39, 0.29) is 0 Å².